The van der Waals surface area contributed by atoms with E-state index in [1.165, 1.54) is 0 Å². The van der Waals surface area contributed by atoms with Gasteiger partial charge in [-0.05, 0) is 6.42 Å². The Balaban J connectivity index is 2.37. The highest BCUT2D eigenvalue weighted by molar-refractivity contribution is 6.16. The number of primary amides is 1. The summed E-state index contributed by atoms with van der Waals surface area (Å²) < 4.78 is 3.79. The van der Waals surface area contributed by atoms with E-state index in [2.05, 4.69) is 22.3 Å². The normalized spacial score (nSPS) is 11.2. The fourth-order valence-corrected chi connectivity index (χ4v) is 2.52. The van der Waals surface area contributed by atoms with Crippen LogP contribution in [0, 0.1) is 0 Å². The zero-order valence-corrected chi connectivity index (χ0v) is 12.4. The summed E-state index contributed by atoms with van der Waals surface area (Å²) in [7, 11) is 1.89. The Hall–Kier alpha value is -1.76. The van der Waals surface area contributed by atoms with E-state index in [0.717, 1.165) is 35.5 Å². The number of imidazole rings is 1. The molecule has 0 aliphatic rings. The van der Waals surface area contributed by atoms with Gasteiger partial charge in [0.1, 0.15) is 11.3 Å². The molecule has 110 valence electrons. The van der Waals surface area contributed by atoms with Crippen LogP contribution < -0.4 is 11.1 Å². The third kappa shape index (κ3) is 2.72. The van der Waals surface area contributed by atoms with Crippen LogP contribution in [0.2, 0.25) is 0 Å². The Morgan fingerprint density at radius 3 is 2.85 bits per heavy atom. The Bertz CT molecular complexity index is 617. The summed E-state index contributed by atoms with van der Waals surface area (Å²) in [5.74, 6) is 1.09. The molecule has 0 fully saturated rings. The number of carbonyl (C=O) groups excluding carboxylic acids is 1. The molecule has 0 aliphatic carbocycles. The Kier molecular flexibility index (Phi) is 4.49. The quantitative estimate of drug-likeness (QED) is 0.783. The highest BCUT2D eigenvalue weighted by atomic mass is 35.5. The van der Waals surface area contributed by atoms with Gasteiger partial charge in [0.2, 0.25) is 0 Å². The van der Waals surface area contributed by atoms with E-state index in [1.54, 1.807) is 0 Å². The smallest absolute Gasteiger partial charge is 0.312 e. The average Bonchev–Trinajstić information content (AvgIpc) is 2.89. The molecule has 2 rings (SSSR count). The van der Waals surface area contributed by atoms with Gasteiger partial charge < -0.3 is 15.6 Å². The van der Waals surface area contributed by atoms with Crippen molar-refractivity contribution in [2.45, 2.75) is 32.2 Å². The Morgan fingerprint density at radius 2 is 2.25 bits per heavy atom. The highest BCUT2D eigenvalue weighted by Crippen LogP contribution is 2.21. The fourth-order valence-electron chi connectivity index (χ4n) is 2.32. The predicted octanol–water partition coefficient (Wildman–Crippen LogP) is 1.13. The molecule has 0 atom stereocenters. The lowest BCUT2D eigenvalue weighted by Crippen LogP contribution is -2.32. The van der Waals surface area contributed by atoms with Gasteiger partial charge in [0.15, 0.2) is 5.65 Å². The minimum atomic E-state index is -0.537. The molecule has 0 unspecified atom stereocenters. The van der Waals surface area contributed by atoms with Crippen LogP contribution in [-0.4, -0.2) is 31.9 Å². The molecule has 0 aromatic carbocycles. The number of hydrogen-bond acceptors (Lipinski definition) is 3. The Labute approximate surface area is 122 Å². The van der Waals surface area contributed by atoms with Gasteiger partial charge in [-0.25, -0.2) is 9.78 Å². The zero-order chi connectivity index (χ0) is 14.7. The molecular formula is C12H19ClN6O. The van der Waals surface area contributed by atoms with Crippen LogP contribution in [0.25, 0.3) is 11.2 Å². The third-order valence-electron chi connectivity index (χ3n) is 3.11. The number of urea groups is 1. The molecule has 7 nitrogen and oxygen atoms in total. The van der Waals surface area contributed by atoms with Crippen molar-refractivity contribution < 1.29 is 4.79 Å². The molecule has 8 heteroatoms. The predicted molar refractivity (Wildman–Crippen MR) is 77.6 cm³/mol. The number of nitrogens with zero attached hydrogens (tertiary/aromatic N) is 4. The van der Waals surface area contributed by atoms with E-state index in [1.807, 2.05) is 16.3 Å². The number of nitrogens with two attached hydrogens (primary N) is 1. The van der Waals surface area contributed by atoms with Gasteiger partial charge in [0, 0.05) is 20.1 Å². The summed E-state index contributed by atoms with van der Waals surface area (Å²) in [6.07, 6.45) is 1.90. The molecule has 2 aromatic heterocycles. The summed E-state index contributed by atoms with van der Waals surface area (Å²) in [5, 5.41) is 7.07. The van der Waals surface area contributed by atoms with Gasteiger partial charge in [0.05, 0.1) is 11.6 Å². The number of fused-ring (bicyclic) bond motifs is 1. The number of alkyl halides is 1. The second-order valence-corrected chi connectivity index (χ2v) is 4.86. The van der Waals surface area contributed by atoms with Gasteiger partial charge >= 0.3 is 6.03 Å². The monoisotopic (exact) mass is 298 g/mol. The van der Waals surface area contributed by atoms with Crippen LogP contribution in [0.5, 0.6) is 0 Å². The van der Waals surface area contributed by atoms with E-state index < -0.39 is 6.03 Å². The van der Waals surface area contributed by atoms with Gasteiger partial charge in [0.25, 0.3) is 0 Å². The van der Waals surface area contributed by atoms with Crippen LogP contribution in [-0.2, 0) is 25.9 Å². The maximum atomic E-state index is 10.7. The molecule has 0 bridgehead atoms. The van der Waals surface area contributed by atoms with Crippen molar-refractivity contribution in [2.24, 2.45) is 12.8 Å². The number of carbonyl (C=O) groups is 1. The molecule has 0 aliphatic heterocycles. The summed E-state index contributed by atoms with van der Waals surface area (Å²) in [6, 6.07) is -0.537. The van der Waals surface area contributed by atoms with Crippen LogP contribution in [0.3, 0.4) is 0 Å². The summed E-state index contributed by atoms with van der Waals surface area (Å²) in [5.41, 5.74) is 7.87. The minimum Gasteiger partial charge on any atom is -0.352 e. The number of hydrogen-bond donors (Lipinski definition) is 2. The first-order chi connectivity index (χ1) is 9.58. The van der Waals surface area contributed by atoms with Gasteiger partial charge in [-0.2, -0.15) is 5.10 Å². The lowest BCUT2D eigenvalue weighted by atomic mass is 10.2. The van der Waals surface area contributed by atoms with Crippen LogP contribution in [0.4, 0.5) is 4.79 Å². The van der Waals surface area contributed by atoms with E-state index in [4.69, 9.17) is 17.3 Å². The fraction of sp³-hybridized carbons (Fsp3) is 0.583. The first kappa shape index (κ1) is 14.6. The first-order valence-electron chi connectivity index (χ1n) is 6.58. The molecular weight excluding hydrogens is 280 g/mol. The van der Waals surface area contributed by atoms with Gasteiger partial charge in [-0.1, -0.05) is 13.3 Å². The van der Waals surface area contributed by atoms with Crippen molar-refractivity contribution in [3.63, 3.8) is 0 Å². The second-order valence-electron chi connectivity index (χ2n) is 4.60. The second kappa shape index (κ2) is 6.13. The first-order valence-corrected chi connectivity index (χ1v) is 7.12. The van der Waals surface area contributed by atoms with Crippen molar-refractivity contribution in [1.82, 2.24) is 24.6 Å². The number of aryl methyl sites for hydroxylation is 2. The lowest BCUT2D eigenvalue weighted by Gasteiger charge is -2.08. The van der Waals surface area contributed by atoms with E-state index in [-0.39, 0.29) is 0 Å². The van der Waals surface area contributed by atoms with E-state index in [0.29, 0.717) is 19.0 Å². The standard InChI is InChI=1S/C12H19ClN6O/c1-3-4-8-10-11(18(2)17-8)19(9(7-13)16-10)6-5-15-12(14)20/h3-7H2,1-2H3,(H3,14,15,20). The maximum absolute atomic E-state index is 10.7. The van der Waals surface area contributed by atoms with Crippen LogP contribution >= 0.6 is 11.6 Å². The van der Waals surface area contributed by atoms with Crippen LogP contribution in [0.15, 0.2) is 0 Å². The SMILES string of the molecule is CCCc1nn(C)c2c1nc(CCl)n2CCNC(N)=O. The number of nitrogens with one attached hydrogen (secondary N) is 1. The number of halogens is 1. The molecule has 3 N–H and O–H groups in total. The summed E-state index contributed by atoms with van der Waals surface area (Å²) >= 11 is 5.96. The third-order valence-corrected chi connectivity index (χ3v) is 3.35. The number of amides is 2. The highest BCUT2D eigenvalue weighted by Gasteiger charge is 2.18. The summed E-state index contributed by atoms with van der Waals surface area (Å²) in [6.45, 7) is 3.10. The average molecular weight is 299 g/mol. The minimum absolute atomic E-state index is 0.316. The molecule has 20 heavy (non-hydrogen) atoms. The zero-order valence-electron chi connectivity index (χ0n) is 11.7. The van der Waals surface area contributed by atoms with Crippen molar-refractivity contribution in [3.05, 3.63) is 11.5 Å². The molecule has 0 saturated carbocycles. The number of rotatable bonds is 6. The Morgan fingerprint density at radius 1 is 1.50 bits per heavy atom. The van der Waals surface area contributed by atoms with E-state index >= 15 is 0 Å². The van der Waals surface area contributed by atoms with Crippen molar-refractivity contribution in [2.75, 3.05) is 6.54 Å². The molecule has 2 amide bonds. The topological polar surface area (TPSA) is 90.8 Å². The van der Waals surface area contributed by atoms with Crippen molar-refractivity contribution >= 4 is 28.8 Å². The lowest BCUT2D eigenvalue weighted by molar-refractivity contribution is 0.248. The molecule has 0 spiro atoms. The molecule has 0 radical (unpaired) electrons. The summed E-state index contributed by atoms with van der Waals surface area (Å²) in [4.78, 5) is 15.3. The van der Waals surface area contributed by atoms with Crippen molar-refractivity contribution in [3.8, 4) is 0 Å². The van der Waals surface area contributed by atoms with Crippen LogP contribution in [0.1, 0.15) is 24.9 Å². The number of aromatic nitrogens is 4. The molecule has 2 heterocycles. The maximum Gasteiger partial charge on any atom is 0.312 e. The van der Waals surface area contributed by atoms with Gasteiger partial charge in [-0.15, -0.1) is 11.6 Å². The molecule has 0 saturated heterocycles. The van der Waals surface area contributed by atoms with Gasteiger partial charge in [-0.3, -0.25) is 4.68 Å². The molecule has 2 aromatic rings. The van der Waals surface area contributed by atoms with Crippen molar-refractivity contribution in [1.29, 1.82) is 0 Å². The van der Waals surface area contributed by atoms with E-state index in [9.17, 15) is 4.79 Å². The largest absolute Gasteiger partial charge is 0.352 e.